The second-order valence-corrected chi connectivity index (χ2v) is 6.84. The highest BCUT2D eigenvalue weighted by molar-refractivity contribution is 6.08. The van der Waals surface area contributed by atoms with Gasteiger partial charge in [0.05, 0.1) is 17.7 Å². The van der Waals surface area contributed by atoms with Crippen molar-refractivity contribution in [1.29, 1.82) is 0 Å². The molecule has 2 aromatic carbocycles. The third-order valence-corrected chi connectivity index (χ3v) is 4.88. The van der Waals surface area contributed by atoms with E-state index in [4.69, 9.17) is 4.42 Å². The van der Waals surface area contributed by atoms with E-state index in [2.05, 4.69) is 5.32 Å². The van der Waals surface area contributed by atoms with Crippen molar-refractivity contribution in [3.63, 3.8) is 0 Å². The number of nitrogens with one attached hydrogen (secondary N) is 1. The van der Waals surface area contributed by atoms with Crippen molar-refractivity contribution in [3.8, 4) is 28.2 Å². The van der Waals surface area contributed by atoms with Gasteiger partial charge in [0.15, 0.2) is 5.43 Å². The van der Waals surface area contributed by atoms with Gasteiger partial charge in [0.2, 0.25) is 5.91 Å². The molecule has 4 rings (SSSR count). The van der Waals surface area contributed by atoms with Gasteiger partial charge in [0, 0.05) is 29.5 Å². The quantitative estimate of drug-likeness (QED) is 0.448. The monoisotopic (exact) mass is 403 g/mol. The molecule has 2 aromatic rings. The van der Waals surface area contributed by atoms with Crippen molar-refractivity contribution in [2.45, 2.75) is 13.5 Å². The maximum absolute atomic E-state index is 11.9. The minimum atomic E-state index is -1.09. The number of aromatic carboxylic acids is 1. The summed E-state index contributed by atoms with van der Waals surface area (Å²) in [5, 5.41) is 23.3. The lowest BCUT2D eigenvalue weighted by Crippen LogP contribution is -2.19. The van der Waals surface area contributed by atoms with Gasteiger partial charge >= 0.3 is 5.97 Å². The third-order valence-electron chi connectivity index (χ3n) is 4.88. The molecule has 1 aliphatic heterocycles. The first-order chi connectivity index (χ1) is 14.4. The summed E-state index contributed by atoms with van der Waals surface area (Å²) in [7, 11) is 0. The van der Waals surface area contributed by atoms with Crippen LogP contribution in [0.1, 0.15) is 22.8 Å². The molecule has 0 unspecified atom stereocenters. The average Bonchev–Trinajstić information content (AvgIpc) is 2.71. The second-order valence-electron chi connectivity index (χ2n) is 6.84. The Bertz CT molecular complexity index is 1340. The van der Waals surface area contributed by atoms with Gasteiger partial charge in [-0.15, -0.1) is 0 Å². The van der Waals surface area contributed by atoms with E-state index in [-0.39, 0.29) is 40.5 Å². The minimum Gasteiger partial charge on any atom is -0.507 e. The number of phenolic OH excluding ortho intramolecular Hbond substituents is 1. The van der Waals surface area contributed by atoms with E-state index in [0.717, 1.165) is 0 Å². The van der Waals surface area contributed by atoms with Crippen molar-refractivity contribution < 1.29 is 24.2 Å². The number of benzene rings is 3. The summed E-state index contributed by atoms with van der Waals surface area (Å²) in [4.78, 5) is 35.2. The molecule has 0 aromatic heterocycles. The van der Waals surface area contributed by atoms with Crippen LogP contribution in [0, 0.1) is 0 Å². The fourth-order valence-electron chi connectivity index (χ4n) is 3.54. The molecular formula is C23H17NO6. The van der Waals surface area contributed by atoms with Crippen LogP contribution in [0.4, 0.5) is 0 Å². The van der Waals surface area contributed by atoms with Gasteiger partial charge in [0.25, 0.3) is 0 Å². The Morgan fingerprint density at radius 3 is 2.53 bits per heavy atom. The van der Waals surface area contributed by atoms with E-state index < -0.39 is 5.97 Å². The molecule has 0 fully saturated rings. The molecule has 7 nitrogen and oxygen atoms in total. The number of phenols is 1. The van der Waals surface area contributed by atoms with Crippen LogP contribution in [0.2, 0.25) is 0 Å². The number of hydrogen-bond donors (Lipinski definition) is 3. The van der Waals surface area contributed by atoms with Crippen LogP contribution in [-0.2, 0) is 11.3 Å². The van der Waals surface area contributed by atoms with E-state index in [1.807, 2.05) is 0 Å². The molecule has 150 valence electrons. The second kappa shape index (κ2) is 7.36. The molecule has 0 saturated carbocycles. The summed E-state index contributed by atoms with van der Waals surface area (Å²) in [5.74, 6) is -1.22. The number of amides is 1. The number of hydrogen-bond acceptors (Lipinski definition) is 5. The molecular weight excluding hydrogens is 386 g/mol. The number of carboxylic acid groups (broad SMARTS) is 1. The van der Waals surface area contributed by atoms with Crippen molar-refractivity contribution >= 4 is 22.8 Å². The number of rotatable bonds is 4. The Hall–Kier alpha value is -4.13. The molecule has 30 heavy (non-hydrogen) atoms. The van der Waals surface area contributed by atoms with Crippen LogP contribution in [-0.4, -0.2) is 22.1 Å². The fraction of sp³-hybridized carbons (Fsp3) is 0.0870. The zero-order valence-corrected chi connectivity index (χ0v) is 15.9. The topological polar surface area (TPSA) is 117 Å². The van der Waals surface area contributed by atoms with E-state index in [0.29, 0.717) is 27.6 Å². The Morgan fingerprint density at radius 1 is 1.03 bits per heavy atom. The molecule has 0 atom stereocenters. The molecule has 1 aliphatic carbocycles. The van der Waals surface area contributed by atoms with E-state index in [9.17, 15) is 24.6 Å². The van der Waals surface area contributed by atoms with Gasteiger partial charge in [-0.1, -0.05) is 18.2 Å². The number of carbonyl (C=O) groups is 2. The first kappa shape index (κ1) is 19.2. The zero-order chi connectivity index (χ0) is 21.4. The van der Waals surface area contributed by atoms with E-state index >= 15 is 0 Å². The summed E-state index contributed by atoms with van der Waals surface area (Å²) in [5.41, 5.74) is 1.98. The Balaban J connectivity index is 2.16. The highest BCUT2D eigenvalue weighted by Crippen LogP contribution is 2.43. The van der Waals surface area contributed by atoms with Gasteiger partial charge in [-0.05, 0) is 35.9 Å². The van der Waals surface area contributed by atoms with E-state index in [1.54, 1.807) is 30.3 Å². The smallest absolute Gasteiger partial charge is 0.336 e. The first-order valence-corrected chi connectivity index (χ1v) is 9.15. The van der Waals surface area contributed by atoms with Crippen LogP contribution in [0.15, 0.2) is 63.8 Å². The summed E-state index contributed by atoms with van der Waals surface area (Å²) in [6, 6.07) is 13.9. The number of fused-ring (bicyclic) bond motifs is 2. The highest BCUT2D eigenvalue weighted by Gasteiger charge is 2.23. The standard InChI is InChI=1S/C23H17NO6/c1-12(25)24-11-18-19(27)9-8-17-21(14-4-2-3-5-15(14)23(28)29)16-7-6-13(26)10-20(16)30-22(17)18/h2-10,27H,11H2,1H3,(H,24,25)(H,28,29). The molecule has 0 saturated heterocycles. The lowest BCUT2D eigenvalue weighted by molar-refractivity contribution is -0.119. The predicted octanol–water partition coefficient (Wildman–Crippen LogP) is 3.60. The summed E-state index contributed by atoms with van der Waals surface area (Å²) in [6.45, 7) is 1.36. The Labute approximate surface area is 170 Å². The maximum atomic E-state index is 11.9. The fourth-order valence-corrected chi connectivity index (χ4v) is 3.54. The number of carbonyl (C=O) groups excluding carboxylic acids is 1. The summed E-state index contributed by atoms with van der Waals surface area (Å²) < 4.78 is 5.98. The normalized spacial score (nSPS) is 11.0. The van der Waals surface area contributed by atoms with Gasteiger partial charge in [-0.2, -0.15) is 0 Å². The number of aromatic hydroxyl groups is 1. The molecule has 3 N–H and O–H groups in total. The summed E-state index contributed by atoms with van der Waals surface area (Å²) >= 11 is 0. The average molecular weight is 403 g/mol. The largest absolute Gasteiger partial charge is 0.507 e. The van der Waals surface area contributed by atoms with Gasteiger partial charge in [0.1, 0.15) is 17.1 Å². The van der Waals surface area contributed by atoms with Crippen LogP contribution < -0.4 is 10.7 Å². The highest BCUT2D eigenvalue weighted by atomic mass is 16.4. The van der Waals surface area contributed by atoms with Gasteiger partial charge in [-0.3, -0.25) is 9.59 Å². The SMILES string of the molecule is CC(=O)NCc1c(O)ccc2c(-c3ccccc3C(=O)O)c3ccc(=O)cc-3oc12. The van der Waals surface area contributed by atoms with Crippen molar-refractivity contribution in [2.75, 3.05) is 0 Å². The maximum Gasteiger partial charge on any atom is 0.336 e. The van der Waals surface area contributed by atoms with Gasteiger partial charge < -0.3 is 19.9 Å². The molecule has 0 bridgehead atoms. The van der Waals surface area contributed by atoms with Crippen LogP contribution >= 0.6 is 0 Å². The van der Waals surface area contributed by atoms with Crippen LogP contribution in [0.25, 0.3) is 33.4 Å². The first-order valence-electron chi connectivity index (χ1n) is 9.15. The van der Waals surface area contributed by atoms with Crippen molar-refractivity contribution in [1.82, 2.24) is 5.32 Å². The van der Waals surface area contributed by atoms with Gasteiger partial charge in [-0.25, -0.2) is 4.79 Å². The molecule has 1 heterocycles. The summed E-state index contributed by atoms with van der Waals surface area (Å²) in [6.07, 6.45) is 0. The zero-order valence-electron chi connectivity index (χ0n) is 15.9. The molecule has 2 aliphatic rings. The molecule has 0 spiro atoms. The predicted molar refractivity (Wildman–Crippen MR) is 111 cm³/mol. The molecule has 7 heteroatoms. The molecule has 0 radical (unpaired) electrons. The third kappa shape index (κ3) is 3.26. The van der Waals surface area contributed by atoms with Crippen molar-refractivity contribution in [2.24, 2.45) is 0 Å². The lowest BCUT2D eigenvalue weighted by Gasteiger charge is -2.18. The Kier molecular flexibility index (Phi) is 4.71. The van der Waals surface area contributed by atoms with Crippen LogP contribution in [0.3, 0.4) is 0 Å². The number of carboxylic acids is 1. The minimum absolute atomic E-state index is 0.00456. The Morgan fingerprint density at radius 2 is 1.80 bits per heavy atom. The van der Waals surface area contributed by atoms with Crippen molar-refractivity contribution in [3.05, 3.63) is 75.9 Å². The van der Waals surface area contributed by atoms with E-state index in [1.165, 1.54) is 31.2 Å². The molecule has 1 amide bonds. The van der Waals surface area contributed by atoms with Crippen LogP contribution in [0.5, 0.6) is 5.75 Å². The lowest BCUT2D eigenvalue weighted by atomic mass is 9.90.